The highest BCUT2D eigenvalue weighted by Gasteiger charge is 2.20. The Morgan fingerprint density at radius 3 is 2.45 bits per heavy atom. The number of benzene rings is 2. The van der Waals surface area contributed by atoms with Crippen molar-refractivity contribution in [2.45, 2.75) is 0 Å². The normalized spacial score (nSPS) is 11.0. The molecule has 1 aromatic heterocycles. The Labute approximate surface area is 162 Å². The number of carbonyl (C=O) groups is 1. The van der Waals surface area contributed by atoms with E-state index in [9.17, 15) is 29.0 Å². The van der Waals surface area contributed by atoms with Crippen molar-refractivity contribution in [3.05, 3.63) is 86.3 Å². The number of nitrogens with one attached hydrogen (secondary N) is 1. The average molecular weight is 398 g/mol. The van der Waals surface area contributed by atoms with Crippen LogP contribution in [-0.2, 0) is 0 Å². The van der Waals surface area contributed by atoms with Crippen LogP contribution in [0.3, 0.4) is 0 Å². The van der Waals surface area contributed by atoms with Gasteiger partial charge in [-0.05, 0) is 48.0 Å². The number of aromatic amines is 1. The van der Waals surface area contributed by atoms with Gasteiger partial charge in [-0.1, -0.05) is 12.1 Å². The Morgan fingerprint density at radius 1 is 1.14 bits per heavy atom. The fraction of sp³-hybridized carbons (Fsp3) is 0.0500. The minimum absolute atomic E-state index is 0.0586. The molecule has 0 unspecified atom stereocenters. The lowest BCUT2D eigenvalue weighted by Gasteiger charge is -2.10. The van der Waals surface area contributed by atoms with Gasteiger partial charge in [0.25, 0.3) is 5.56 Å². The van der Waals surface area contributed by atoms with Crippen molar-refractivity contribution in [3.63, 3.8) is 0 Å². The molecule has 0 amide bonds. The summed E-state index contributed by atoms with van der Waals surface area (Å²) in [5.74, 6) is -2.22. The first-order valence-electron chi connectivity index (χ1n) is 8.25. The van der Waals surface area contributed by atoms with E-state index in [2.05, 4.69) is 0 Å². The van der Waals surface area contributed by atoms with Gasteiger partial charge in [-0.25, -0.2) is 13.8 Å². The Bertz CT molecular complexity index is 1230. The third-order valence-corrected chi connectivity index (χ3v) is 4.05. The lowest BCUT2D eigenvalue weighted by atomic mass is 10.1. The van der Waals surface area contributed by atoms with Gasteiger partial charge < -0.3 is 14.9 Å². The molecule has 29 heavy (non-hydrogen) atoms. The van der Waals surface area contributed by atoms with Crippen molar-refractivity contribution in [1.29, 1.82) is 0 Å². The molecular formula is C20H15FN2O6. The van der Waals surface area contributed by atoms with Gasteiger partial charge in [-0.2, -0.15) is 0 Å². The van der Waals surface area contributed by atoms with Crippen molar-refractivity contribution in [2.75, 3.05) is 7.11 Å². The van der Waals surface area contributed by atoms with Crippen molar-refractivity contribution in [1.82, 2.24) is 9.55 Å². The first kappa shape index (κ1) is 19.6. The summed E-state index contributed by atoms with van der Waals surface area (Å²) in [5.41, 5.74) is -2.23. The molecule has 3 aromatic rings. The first-order chi connectivity index (χ1) is 13.8. The van der Waals surface area contributed by atoms with Gasteiger partial charge >= 0.3 is 5.69 Å². The number of methoxy groups -OCH3 is 1. The summed E-state index contributed by atoms with van der Waals surface area (Å²) >= 11 is 0. The van der Waals surface area contributed by atoms with E-state index in [1.54, 1.807) is 6.07 Å². The number of phenols is 1. The smallest absolute Gasteiger partial charge is 0.335 e. The van der Waals surface area contributed by atoms with E-state index in [1.807, 2.05) is 4.98 Å². The van der Waals surface area contributed by atoms with Crippen LogP contribution in [0.15, 0.2) is 58.1 Å². The van der Waals surface area contributed by atoms with Crippen LogP contribution in [0, 0.1) is 5.82 Å². The Balaban J connectivity index is 2.02. The molecule has 0 fully saturated rings. The summed E-state index contributed by atoms with van der Waals surface area (Å²) in [6, 6.07) is 8.92. The number of ketones is 1. The molecule has 0 bridgehead atoms. The molecule has 0 radical (unpaired) electrons. The molecule has 2 aromatic carbocycles. The first-order valence-corrected chi connectivity index (χ1v) is 8.25. The van der Waals surface area contributed by atoms with Gasteiger partial charge in [0, 0.05) is 0 Å². The third kappa shape index (κ3) is 3.93. The van der Waals surface area contributed by atoms with Crippen molar-refractivity contribution >= 4 is 11.9 Å². The van der Waals surface area contributed by atoms with Crippen molar-refractivity contribution in [3.8, 4) is 23.1 Å². The van der Waals surface area contributed by atoms with Gasteiger partial charge in [0.05, 0.1) is 12.8 Å². The number of hydrogen-bond donors (Lipinski definition) is 3. The van der Waals surface area contributed by atoms with E-state index < -0.39 is 34.3 Å². The fourth-order valence-electron chi connectivity index (χ4n) is 2.64. The minimum atomic E-state index is -1.07. The average Bonchev–Trinajstić information content (AvgIpc) is 2.67. The van der Waals surface area contributed by atoms with E-state index in [0.29, 0.717) is 10.1 Å². The van der Waals surface area contributed by atoms with Gasteiger partial charge in [0.15, 0.2) is 17.3 Å². The van der Waals surface area contributed by atoms with E-state index in [4.69, 9.17) is 4.74 Å². The molecule has 0 saturated carbocycles. The Hall–Kier alpha value is -4.14. The van der Waals surface area contributed by atoms with Crippen LogP contribution in [0.5, 0.6) is 17.4 Å². The third-order valence-electron chi connectivity index (χ3n) is 4.05. The molecule has 0 aliphatic heterocycles. The SMILES string of the molecule is COc1ccc(C=CC(=O)c2c(O)n(-c3ccc(F)cc3)c(=O)[nH]c2=O)cc1O. The van der Waals surface area contributed by atoms with E-state index in [0.717, 1.165) is 18.2 Å². The van der Waals surface area contributed by atoms with Crippen LogP contribution in [-0.4, -0.2) is 32.7 Å². The maximum Gasteiger partial charge on any atom is 0.335 e. The summed E-state index contributed by atoms with van der Waals surface area (Å²) in [4.78, 5) is 38.6. The monoisotopic (exact) mass is 398 g/mol. The zero-order valence-corrected chi connectivity index (χ0v) is 15.0. The number of carbonyl (C=O) groups excluding carboxylic acids is 1. The van der Waals surface area contributed by atoms with Crippen molar-refractivity contribution < 1.29 is 24.1 Å². The van der Waals surface area contributed by atoms with Gasteiger partial charge in [-0.3, -0.25) is 14.6 Å². The summed E-state index contributed by atoms with van der Waals surface area (Å²) in [5, 5.41) is 20.2. The van der Waals surface area contributed by atoms with Crippen LogP contribution in [0.2, 0.25) is 0 Å². The van der Waals surface area contributed by atoms with Crippen LogP contribution in [0.25, 0.3) is 11.8 Å². The largest absolute Gasteiger partial charge is 0.504 e. The number of aromatic hydroxyl groups is 2. The molecule has 1 heterocycles. The summed E-state index contributed by atoms with van der Waals surface area (Å²) in [7, 11) is 1.39. The number of allylic oxidation sites excluding steroid dienone is 1. The van der Waals surface area contributed by atoms with Gasteiger partial charge in [0.1, 0.15) is 11.4 Å². The Morgan fingerprint density at radius 2 is 1.83 bits per heavy atom. The summed E-state index contributed by atoms with van der Waals surface area (Å²) in [6.07, 6.45) is 2.32. The summed E-state index contributed by atoms with van der Waals surface area (Å²) in [6.45, 7) is 0. The second-order valence-electron chi connectivity index (χ2n) is 5.90. The molecule has 9 heteroatoms. The summed E-state index contributed by atoms with van der Waals surface area (Å²) < 4.78 is 18.7. The molecule has 0 aliphatic carbocycles. The lowest BCUT2D eigenvalue weighted by Crippen LogP contribution is -2.32. The molecular weight excluding hydrogens is 383 g/mol. The maximum atomic E-state index is 13.1. The second kappa shape index (κ2) is 7.85. The predicted octanol–water partition coefficient (Wildman–Crippen LogP) is 1.98. The zero-order valence-electron chi connectivity index (χ0n) is 15.0. The number of phenolic OH excluding ortho intramolecular Hbond substituents is 1. The topological polar surface area (TPSA) is 122 Å². The maximum absolute atomic E-state index is 13.1. The number of halogens is 1. The van der Waals surface area contributed by atoms with Crippen LogP contribution < -0.4 is 16.0 Å². The molecule has 0 saturated heterocycles. The molecule has 0 atom stereocenters. The number of hydrogen-bond acceptors (Lipinski definition) is 6. The number of aromatic nitrogens is 2. The van der Waals surface area contributed by atoms with E-state index >= 15 is 0 Å². The van der Waals surface area contributed by atoms with E-state index in [1.165, 1.54) is 37.5 Å². The quantitative estimate of drug-likeness (QED) is 0.446. The molecule has 3 N–H and O–H groups in total. The van der Waals surface area contributed by atoms with Crippen LogP contribution in [0.1, 0.15) is 15.9 Å². The number of nitrogens with zero attached hydrogens (tertiary/aromatic N) is 1. The molecule has 148 valence electrons. The highest BCUT2D eigenvalue weighted by Crippen LogP contribution is 2.27. The predicted molar refractivity (Wildman–Crippen MR) is 102 cm³/mol. The van der Waals surface area contributed by atoms with Crippen molar-refractivity contribution in [2.24, 2.45) is 0 Å². The van der Waals surface area contributed by atoms with Gasteiger partial charge in [0.2, 0.25) is 5.88 Å². The number of rotatable bonds is 5. The minimum Gasteiger partial charge on any atom is -0.504 e. The Kier molecular flexibility index (Phi) is 5.31. The van der Waals surface area contributed by atoms with Crippen LogP contribution >= 0.6 is 0 Å². The van der Waals surface area contributed by atoms with Gasteiger partial charge in [-0.15, -0.1) is 0 Å². The number of H-pyrrole nitrogens is 1. The second-order valence-corrected chi connectivity index (χ2v) is 5.90. The lowest BCUT2D eigenvalue weighted by molar-refractivity contribution is 0.104. The highest BCUT2D eigenvalue weighted by molar-refractivity contribution is 6.08. The molecule has 8 nitrogen and oxygen atoms in total. The van der Waals surface area contributed by atoms with Crippen LogP contribution in [0.4, 0.5) is 4.39 Å². The standard InChI is InChI=1S/C20H15FN2O6/c1-29-16-9-3-11(10-15(16)25)2-8-14(24)17-18(26)22-20(28)23(19(17)27)13-6-4-12(21)5-7-13/h2-10,25,27H,1H3,(H,22,26,28). The fourth-order valence-corrected chi connectivity index (χ4v) is 2.64. The highest BCUT2D eigenvalue weighted by atomic mass is 19.1. The van der Waals surface area contributed by atoms with E-state index in [-0.39, 0.29) is 17.2 Å². The zero-order chi connectivity index (χ0) is 21.1. The molecule has 0 aliphatic rings. The number of ether oxygens (including phenoxy) is 1. The molecule has 3 rings (SSSR count). The molecule has 0 spiro atoms.